The van der Waals surface area contributed by atoms with E-state index >= 15 is 0 Å². The van der Waals surface area contributed by atoms with Crippen LogP contribution in [0, 0.1) is 5.82 Å². The quantitative estimate of drug-likeness (QED) is 0.739. The number of aromatic amines is 1. The summed E-state index contributed by atoms with van der Waals surface area (Å²) >= 11 is 0. The lowest BCUT2D eigenvalue weighted by atomic mass is 10.2. The third-order valence-electron chi connectivity index (χ3n) is 2.83. The number of fused-ring (bicyclic) bond motifs is 1. The van der Waals surface area contributed by atoms with Gasteiger partial charge in [0, 0.05) is 17.6 Å². The second-order valence-electron chi connectivity index (χ2n) is 4.12. The molecule has 2 nitrogen and oxygen atoms in total. The van der Waals surface area contributed by atoms with E-state index in [1.54, 1.807) is 6.20 Å². The summed E-state index contributed by atoms with van der Waals surface area (Å²) in [5.74, 6) is 0.267. The predicted molar refractivity (Wildman–Crippen MR) is 69.0 cm³/mol. The highest BCUT2D eigenvalue weighted by Crippen LogP contribution is 2.27. The van der Waals surface area contributed by atoms with Gasteiger partial charge in [0.15, 0.2) is 0 Å². The first-order valence-electron chi connectivity index (χ1n) is 5.76. The van der Waals surface area contributed by atoms with Crippen molar-refractivity contribution in [2.45, 2.75) is 6.61 Å². The molecule has 3 rings (SSSR count). The first kappa shape index (κ1) is 10.8. The van der Waals surface area contributed by atoms with Crippen molar-refractivity contribution < 1.29 is 9.13 Å². The number of benzene rings is 2. The van der Waals surface area contributed by atoms with Gasteiger partial charge in [0.05, 0.1) is 5.52 Å². The number of H-pyrrole nitrogens is 1. The topological polar surface area (TPSA) is 25.0 Å². The molecule has 0 atom stereocenters. The third kappa shape index (κ3) is 2.07. The minimum atomic E-state index is -0.298. The fourth-order valence-electron chi connectivity index (χ4n) is 1.95. The van der Waals surface area contributed by atoms with Gasteiger partial charge in [-0.1, -0.05) is 30.3 Å². The molecule has 0 aliphatic rings. The summed E-state index contributed by atoms with van der Waals surface area (Å²) in [6.07, 6.45) is 1.78. The average molecular weight is 241 g/mol. The smallest absolute Gasteiger partial charge is 0.132 e. The Hall–Kier alpha value is -2.29. The predicted octanol–water partition coefficient (Wildman–Crippen LogP) is 3.89. The van der Waals surface area contributed by atoms with Gasteiger partial charge in [-0.25, -0.2) is 4.39 Å². The van der Waals surface area contributed by atoms with Crippen LogP contribution < -0.4 is 4.74 Å². The van der Waals surface area contributed by atoms with E-state index in [9.17, 15) is 4.39 Å². The van der Waals surface area contributed by atoms with E-state index in [4.69, 9.17) is 4.74 Å². The van der Waals surface area contributed by atoms with E-state index in [0.29, 0.717) is 12.4 Å². The van der Waals surface area contributed by atoms with E-state index < -0.39 is 0 Å². The molecular formula is C15H12FNO. The van der Waals surface area contributed by atoms with Crippen LogP contribution in [0.1, 0.15) is 5.56 Å². The van der Waals surface area contributed by atoms with Crippen LogP contribution in [0.5, 0.6) is 5.75 Å². The van der Waals surface area contributed by atoms with Gasteiger partial charge in [0.25, 0.3) is 0 Å². The lowest BCUT2D eigenvalue weighted by molar-refractivity contribution is 0.308. The largest absolute Gasteiger partial charge is 0.488 e. The second-order valence-corrected chi connectivity index (χ2v) is 4.12. The fourth-order valence-corrected chi connectivity index (χ4v) is 1.95. The Bertz CT molecular complexity index is 661. The fraction of sp³-hybridized carbons (Fsp3) is 0.0667. The first-order chi connectivity index (χ1) is 8.83. The van der Waals surface area contributed by atoms with Crippen LogP contribution in [0.25, 0.3) is 10.9 Å². The molecule has 90 valence electrons. The van der Waals surface area contributed by atoms with E-state index in [2.05, 4.69) is 4.98 Å². The summed E-state index contributed by atoms with van der Waals surface area (Å²) in [5.41, 5.74) is 1.81. The Morgan fingerprint density at radius 1 is 1.06 bits per heavy atom. The lowest BCUT2D eigenvalue weighted by Crippen LogP contribution is -1.95. The molecule has 0 aliphatic carbocycles. The van der Waals surface area contributed by atoms with Gasteiger partial charge < -0.3 is 9.72 Å². The highest BCUT2D eigenvalue weighted by atomic mass is 19.1. The van der Waals surface area contributed by atoms with Crippen molar-refractivity contribution in [3.63, 3.8) is 0 Å². The van der Waals surface area contributed by atoms with Crippen LogP contribution >= 0.6 is 0 Å². The van der Waals surface area contributed by atoms with Gasteiger partial charge in [0.2, 0.25) is 0 Å². The first-order valence-corrected chi connectivity index (χ1v) is 5.76. The zero-order valence-corrected chi connectivity index (χ0v) is 9.69. The van der Waals surface area contributed by atoms with E-state index in [1.807, 2.05) is 36.4 Å². The zero-order valence-electron chi connectivity index (χ0n) is 9.69. The van der Waals surface area contributed by atoms with Crippen molar-refractivity contribution in [2.75, 3.05) is 0 Å². The Morgan fingerprint density at radius 2 is 1.89 bits per heavy atom. The van der Waals surface area contributed by atoms with Gasteiger partial charge in [-0.3, -0.25) is 0 Å². The SMILES string of the molecule is Fc1cc(OCc2ccccc2)c2cc[nH]c2c1. The van der Waals surface area contributed by atoms with Crippen molar-refractivity contribution in [1.29, 1.82) is 0 Å². The van der Waals surface area contributed by atoms with Gasteiger partial charge >= 0.3 is 0 Å². The van der Waals surface area contributed by atoms with Crippen molar-refractivity contribution >= 4 is 10.9 Å². The van der Waals surface area contributed by atoms with Crippen molar-refractivity contribution in [3.8, 4) is 5.75 Å². The summed E-state index contributed by atoms with van der Waals surface area (Å²) in [5, 5.41) is 0.896. The van der Waals surface area contributed by atoms with Crippen LogP contribution in [-0.4, -0.2) is 4.98 Å². The molecule has 1 aromatic heterocycles. The number of hydrogen-bond acceptors (Lipinski definition) is 1. The number of rotatable bonds is 3. The normalized spacial score (nSPS) is 10.7. The molecule has 0 saturated heterocycles. The lowest BCUT2D eigenvalue weighted by Gasteiger charge is -2.07. The number of nitrogens with one attached hydrogen (secondary N) is 1. The van der Waals surface area contributed by atoms with Crippen LogP contribution in [0.2, 0.25) is 0 Å². The standard InChI is InChI=1S/C15H12FNO/c16-12-8-14-13(6-7-17-14)15(9-12)18-10-11-4-2-1-3-5-11/h1-9,17H,10H2. The molecule has 1 N–H and O–H groups in total. The maximum absolute atomic E-state index is 13.4. The van der Waals surface area contributed by atoms with Crippen molar-refractivity contribution in [2.24, 2.45) is 0 Å². The molecule has 0 amide bonds. The molecule has 0 spiro atoms. The molecular weight excluding hydrogens is 229 g/mol. The molecule has 0 aliphatic heterocycles. The molecule has 0 radical (unpaired) electrons. The van der Waals surface area contributed by atoms with Crippen LogP contribution in [0.15, 0.2) is 54.7 Å². The Labute approximate surface area is 104 Å². The summed E-state index contributed by atoms with van der Waals surface area (Å²) < 4.78 is 19.1. The molecule has 0 bridgehead atoms. The Morgan fingerprint density at radius 3 is 2.72 bits per heavy atom. The highest BCUT2D eigenvalue weighted by Gasteiger charge is 2.06. The van der Waals surface area contributed by atoms with E-state index in [-0.39, 0.29) is 5.82 Å². The summed E-state index contributed by atoms with van der Waals surface area (Å²) in [6, 6.07) is 14.6. The van der Waals surface area contributed by atoms with Crippen molar-refractivity contribution in [1.82, 2.24) is 4.98 Å². The number of aromatic nitrogens is 1. The number of ether oxygens (including phenoxy) is 1. The molecule has 1 heterocycles. The zero-order chi connectivity index (χ0) is 12.4. The molecule has 3 aromatic rings. The Kier molecular flexibility index (Phi) is 2.73. The number of halogens is 1. The molecule has 0 unspecified atom stereocenters. The van der Waals surface area contributed by atoms with Gasteiger partial charge in [-0.2, -0.15) is 0 Å². The Balaban J connectivity index is 1.88. The van der Waals surface area contributed by atoms with Gasteiger partial charge in [-0.15, -0.1) is 0 Å². The average Bonchev–Trinajstić information content (AvgIpc) is 2.85. The summed E-state index contributed by atoms with van der Waals surface area (Å²) in [7, 11) is 0. The summed E-state index contributed by atoms with van der Waals surface area (Å²) in [4.78, 5) is 2.98. The molecule has 18 heavy (non-hydrogen) atoms. The molecule has 0 saturated carbocycles. The molecule has 0 fully saturated rings. The third-order valence-corrected chi connectivity index (χ3v) is 2.83. The second kappa shape index (κ2) is 4.53. The number of hydrogen-bond donors (Lipinski definition) is 1. The van der Waals surface area contributed by atoms with Gasteiger partial charge in [0.1, 0.15) is 18.2 Å². The van der Waals surface area contributed by atoms with Gasteiger partial charge in [-0.05, 0) is 17.7 Å². The van der Waals surface area contributed by atoms with E-state index in [1.165, 1.54) is 12.1 Å². The summed E-state index contributed by atoms with van der Waals surface area (Å²) in [6.45, 7) is 0.435. The highest BCUT2D eigenvalue weighted by molar-refractivity contribution is 5.85. The maximum atomic E-state index is 13.4. The van der Waals surface area contributed by atoms with Crippen molar-refractivity contribution in [3.05, 3.63) is 66.1 Å². The monoisotopic (exact) mass is 241 g/mol. The molecule has 2 aromatic carbocycles. The van der Waals surface area contributed by atoms with Crippen LogP contribution in [0.4, 0.5) is 4.39 Å². The minimum absolute atomic E-state index is 0.298. The maximum Gasteiger partial charge on any atom is 0.132 e. The van der Waals surface area contributed by atoms with E-state index in [0.717, 1.165) is 16.5 Å². The molecule has 3 heteroatoms. The van der Waals surface area contributed by atoms with Crippen LogP contribution in [-0.2, 0) is 6.61 Å². The van der Waals surface area contributed by atoms with Crippen LogP contribution in [0.3, 0.4) is 0 Å². The minimum Gasteiger partial charge on any atom is -0.488 e.